The Balaban J connectivity index is 1.54. The topological polar surface area (TPSA) is 65.7 Å². The van der Waals surface area contributed by atoms with E-state index in [1.54, 1.807) is 18.2 Å². The van der Waals surface area contributed by atoms with Gasteiger partial charge in [-0.25, -0.2) is 4.79 Å². The predicted molar refractivity (Wildman–Crippen MR) is 98.5 cm³/mol. The Morgan fingerprint density at radius 1 is 0.923 bits per heavy atom. The third-order valence-electron chi connectivity index (χ3n) is 3.38. The van der Waals surface area contributed by atoms with Gasteiger partial charge in [0, 0.05) is 11.5 Å². The highest BCUT2D eigenvalue weighted by atomic mass is 35.5. The van der Waals surface area contributed by atoms with Crippen molar-refractivity contribution in [2.45, 2.75) is 0 Å². The van der Waals surface area contributed by atoms with Gasteiger partial charge in [0.1, 0.15) is 11.3 Å². The minimum Gasteiger partial charge on any atom is -0.480 e. The van der Waals surface area contributed by atoms with Gasteiger partial charge in [0.15, 0.2) is 19.0 Å². The van der Waals surface area contributed by atoms with Crippen molar-refractivity contribution < 1.29 is 23.5 Å². The molecule has 0 bridgehead atoms. The fourth-order valence-electron chi connectivity index (χ4n) is 2.13. The number of fused-ring (bicyclic) bond motifs is 1. The molecule has 0 aliphatic rings. The first-order chi connectivity index (χ1) is 12.4. The lowest BCUT2D eigenvalue weighted by atomic mass is 10.2. The second-order valence-electron chi connectivity index (χ2n) is 5.22. The number of ether oxygens (including phenoxy) is 2. The fourth-order valence-corrected chi connectivity index (χ4v) is 2.72. The number of ketones is 1. The Morgan fingerprint density at radius 2 is 1.65 bits per heavy atom. The molecule has 5 nitrogen and oxygen atoms in total. The van der Waals surface area contributed by atoms with Crippen LogP contribution in [0, 0.1) is 0 Å². The SMILES string of the molecule is O=C(COc1cc(Cl)c(Cl)cc1Cl)OCC(=O)c1cc2ccccc2o1. The summed E-state index contributed by atoms with van der Waals surface area (Å²) in [5, 5.41) is 1.49. The first-order valence-electron chi connectivity index (χ1n) is 7.39. The Morgan fingerprint density at radius 3 is 2.42 bits per heavy atom. The van der Waals surface area contributed by atoms with Gasteiger partial charge >= 0.3 is 5.97 Å². The smallest absolute Gasteiger partial charge is 0.344 e. The molecule has 0 N–H and O–H groups in total. The Hall–Kier alpha value is -2.21. The number of carbonyl (C=O) groups is 2. The number of benzene rings is 2. The number of Topliss-reactive ketones (excluding diaryl/α,β-unsaturated/α-hetero) is 1. The van der Waals surface area contributed by atoms with E-state index in [2.05, 4.69) is 0 Å². The average Bonchev–Trinajstić information content (AvgIpc) is 3.06. The lowest BCUT2D eigenvalue weighted by Gasteiger charge is -2.09. The number of esters is 1. The first kappa shape index (κ1) is 18.6. The molecule has 3 rings (SSSR count). The molecule has 0 aliphatic heterocycles. The van der Waals surface area contributed by atoms with Gasteiger partial charge in [-0.1, -0.05) is 53.0 Å². The molecule has 0 aliphatic carbocycles. The van der Waals surface area contributed by atoms with Crippen molar-refractivity contribution in [1.82, 2.24) is 0 Å². The number of hydrogen-bond donors (Lipinski definition) is 0. The standard InChI is InChI=1S/C18H11Cl3O5/c19-11-6-13(21)16(7-12(11)20)24-9-18(23)25-8-14(22)17-5-10-3-1-2-4-15(10)26-17/h1-7H,8-9H2. The Bertz CT molecular complexity index is 947. The van der Waals surface area contributed by atoms with Gasteiger partial charge in [-0.3, -0.25) is 4.79 Å². The van der Waals surface area contributed by atoms with Crippen molar-refractivity contribution in [1.29, 1.82) is 0 Å². The zero-order valence-electron chi connectivity index (χ0n) is 13.1. The summed E-state index contributed by atoms with van der Waals surface area (Å²) in [5.74, 6) is -0.896. The highest BCUT2D eigenvalue weighted by molar-refractivity contribution is 6.43. The van der Waals surface area contributed by atoms with Gasteiger partial charge in [-0.2, -0.15) is 0 Å². The summed E-state index contributed by atoms with van der Waals surface area (Å²) in [7, 11) is 0. The maximum absolute atomic E-state index is 12.1. The summed E-state index contributed by atoms with van der Waals surface area (Å²) in [6, 6.07) is 11.6. The van der Waals surface area contributed by atoms with Crippen LogP contribution >= 0.6 is 34.8 Å². The zero-order valence-corrected chi connectivity index (χ0v) is 15.4. The molecule has 134 valence electrons. The summed E-state index contributed by atoms with van der Waals surface area (Å²) in [5.41, 5.74) is 0.583. The highest BCUT2D eigenvalue weighted by Crippen LogP contribution is 2.33. The van der Waals surface area contributed by atoms with Crippen molar-refractivity contribution in [3.63, 3.8) is 0 Å². The molecule has 1 heterocycles. The molecular formula is C18H11Cl3O5. The summed E-state index contributed by atoms with van der Waals surface area (Å²) >= 11 is 17.6. The average molecular weight is 414 g/mol. The highest BCUT2D eigenvalue weighted by Gasteiger charge is 2.16. The summed E-state index contributed by atoms with van der Waals surface area (Å²) in [6.07, 6.45) is 0. The van der Waals surface area contributed by atoms with Crippen LogP contribution in [0.1, 0.15) is 10.6 Å². The summed E-state index contributed by atoms with van der Waals surface area (Å²) in [4.78, 5) is 23.8. The van der Waals surface area contributed by atoms with E-state index in [0.29, 0.717) is 5.58 Å². The van der Waals surface area contributed by atoms with Crippen molar-refractivity contribution in [3.05, 3.63) is 63.3 Å². The molecule has 0 saturated heterocycles. The van der Waals surface area contributed by atoms with Gasteiger partial charge in [-0.15, -0.1) is 0 Å². The number of para-hydroxylation sites is 1. The van der Waals surface area contributed by atoms with Crippen molar-refractivity contribution in [2.75, 3.05) is 13.2 Å². The number of hydrogen-bond acceptors (Lipinski definition) is 5. The molecule has 0 radical (unpaired) electrons. The summed E-state index contributed by atoms with van der Waals surface area (Å²) in [6.45, 7) is -0.901. The third-order valence-corrected chi connectivity index (χ3v) is 4.40. The molecule has 0 unspecified atom stereocenters. The lowest BCUT2D eigenvalue weighted by Crippen LogP contribution is -2.19. The lowest BCUT2D eigenvalue weighted by molar-refractivity contribution is -0.144. The second kappa shape index (κ2) is 7.99. The molecule has 2 aromatic carbocycles. The van der Waals surface area contributed by atoms with Crippen LogP contribution in [0.3, 0.4) is 0 Å². The quantitative estimate of drug-likeness (QED) is 0.316. The maximum Gasteiger partial charge on any atom is 0.344 e. The molecule has 0 atom stereocenters. The monoisotopic (exact) mass is 412 g/mol. The van der Waals surface area contributed by atoms with Gasteiger partial charge < -0.3 is 13.9 Å². The molecule has 8 heteroatoms. The largest absolute Gasteiger partial charge is 0.480 e. The van der Waals surface area contributed by atoms with Crippen LogP contribution in [0.4, 0.5) is 0 Å². The van der Waals surface area contributed by atoms with E-state index in [1.807, 2.05) is 12.1 Å². The van der Waals surface area contributed by atoms with Crippen LogP contribution in [0.25, 0.3) is 11.0 Å². The molecular weight excluding hydrogens is 403 g/mol. The molecule has 0 saturated carbocycles. The molecule has 3 aromatic rings. The van der Waals surface area contributed by atoms with Crippen molar-refractivity contribution in [3.8, 4) is 5.75 Å². The first-order valence-corrected chi connectivity index (χ1v) is 8.52. The zero-order chi connectivity index (χ0) is 18.7. The van der Waals surface area contributed by atoms with E-state index in [1.165, 1.54) is 12.1 Å². The third kappa shape index (κ3) is 4.30. The Kier molecular flexibility index (Phi) is 5.71. The normalized spacial score (nSPS) is 10.7. The van der Waals surface area contributed by atoms with Crippen LogP contribution in [-0.2, 0) is 9.53 Å². The fraction of sp³-hybridized carbons (Fsp3) is 0.111. The minimum atomic E-state index is -0.739. The van der Waals surface area contributed by atoms with Crippen LogP contribution in [0.15, 0.2) is 46.9 Å². The van der Waals surface area contributed by atoms with E-state index in [9.17, 15) is 9.59 Å². The molecule has 0 fully saturated rings. The van der Waals surface area contributed by atoms with Crippen LogP contribution in [-0.4, -0.2) is 25.0 Å². The van der Waals surface area contributed by atoms with E-state index >= 15 is 0 Å². The van der Waals surface area contributed by atoms with Gasteiger partial charge in [0.05, 0.1) is 15.1 Å². The maximum atomic E-state index is 12.1. The van der Waals surface area contributed by atoms with Crippen LogP contribution in [0.2, 0.25) is 15.1 Å². The molecule has 1 aromatic heterocycles. The van der Waals surface area contributed by atoms with Gasteiger partial charge in [0.2, 0.25) is 5.78 Å². The molecule has 0 amide bonds. The van der Waals surface area contributed by atoms with Crippen molar-refractivity contribution in [2.24, 2.45) is 0 Å². The molecule has 26 heavy (non-hydrogen) atoms. The Labute approximate surface area is 163 Å². The van der Waals surface area contributed by atoms with Crippen LogP contribution in [0.5, 0.6) is 5.75 Å². The molecule has 0 spiro atoms. The minimum absolute atomic E-state index is 0.118. The number of rotatable bonds is 6. The van der Waals surface area contributed by atoms with E-state index < -0.39 is 25.0 Å². The van der Waals surface area contributed by atoms with Crippen molar-refractivity contribution >= 4 is 57.5 Å². The van der Waals surface area contributed by atoms with E-state index in [0.717, 1.165) is 5.39 Å². The number of furan rings is 1. The second-order valence-corrected chi connectivity index (χ2v) is 6.44. The van der Waals surface area contributed by atoms with Gasteiger partial charge in [0.25, 0.3) is 0 Å². The number of carbonyl (C=O) groups excluding carboxylic acids is 2. The number of halogens is 3. The van der Waals surface area contributed by atoms with E-state index in [-0.39, 0.29) is 26.6 Å². The predicted octanol–water partition coefficient (Wildman–Crippen LogP) is 5.20. The van der Waals surface area contributed by atoms with E-state index in [4.69, 9.17) is 48.7 Å². The summed E-state index contributed by atoms with van der Waals surface area (Å²) < 4.78 is 15.5. The van der Waals surface area contributed by atoms with Crippen LogP contribution < -0.4 is 4.74 Å². The van der Waals surface area contributed by atoms with Gasteiger partial charge in [-0.05, 0) is 18.2 Å².